The summed E-state index contributed by atoms with van der Waals surface area (Å²) in [6, 6.07) is 6.47. The number of benzene rings is 1. The van der Waals surface area contributed by atoms with E-state index < -0.39 is 6.04 Å². The number of halogens is 1. The van der Waals surface area contributed by atoms with Crippen molar-refractivity contribution >= 4 is 34.9 Å². The fourth-order valence-corrected chi connectivity index (χ4v) is 3.06. The highest BCUT2D eigenvalue weighted by atomic mass is 35.5. The number of nitrogens with one attached hydrogen (secondary N) is 1. The van der Waals surface area contributed by atoms with Crippen LogP contribution < -0.4 is 10.2 Å². The molecule has 1 fully saturated rings. The molecule has 0 aliphatic carbocycles. The molecule has 1 N–H and O–H groups in total. The maximum atomic E-state index is 12.7. The fourth-order valence-electron chi connectivity index (χ4n) is 2.88. The lowest BCUT2D eigenvalue weighted by atomic mass is 9.93. The largest absolute Gasteiger partial charge is 0.359 e. The summed E-state index contributed by atoms with van der Waals surface area (Å²) in [5.41, 5.74) is 1.34. The Hall–Kier alpha value is -2.34. The molecule has 2 amide bonds. The summed E-state index contributed by atoms with van der Waals surface area (Å²) < 4.78 is 5.29. The molecule has 6 nitrogen and oxygen atoms in total. The maximum Gasteiger partial charge on any atom is 0.248 e. The van der Waals surface area contributed by atoms with Crippen LogP contribution in [0.25, 0.3) is 0 Å². The van der Waals surface area contributed by atoms with Crippen molar-refractivity contribution in [2.75, 3.05) is 10.2 Å². The Bertz CT molecular complexity index is 854. The fraction of sp³-hybridized carbons (Fsp3) is 0.421. The first-order valence-corrected chi connectivity index (χ1v) is 8.91. The Morgan fingerprint density at radius 3 is 2.69 bits per heavy atom. The number of hydrogen-bond acceptors (Lipinski definition) is 4. The third kappa shape index (κ3) is 3.60. The molecule has 2 heterocycles. The molecule has 7 heteroatoms. The Kier molecular flexibility index (Phi) is 4.80. The second-order valence-corrected chi connectivity index (χ2v) is 7.97. The van der Waals surface area contributed by atoms with E-state index in [1.807, 2.05) is 33.8 Å². The number of anilines is 2. The number of rotatable bonds is 3. The van der Waals surface area contributed by atoms with Gasteiger partial charge in [0.25, 0.3) is 0 Å². The normalized spacial score (nSPS) is 17.7. The van der Waals surface area contributed by atoms with E-state index in [9.17, 15) is 9.59 Å². The number of hydrogen-bond donors (Lipinski definition) is 1. The average Bonchev–Trinajstić information content (AvgIpc) is 3.16. The van der Waals surface area contributed by atoms with E-state index in [0.29, 0.717) is 35.1 Å². The molecule has 1 aliphatic heterocycles. The third-order valence-electron chi connectivity index (χ3n) is 4.45. The summed E-state index contributed by atoms with van der Waals surface area (Å²) in [5.74, 6) is 0.639. The Morgan fingerprint density at radius 1 is 1.35 bits per heavy atom. The first-order valence-electron chi connectivity index (χ1n) is 8.53. The quantitative estimate of drug-likeness (QED) is 0.877. The van der Waals surface area contributed by atoms with Crippen LogP contribution in [-0.2, 0) is 15.0 Å². The van der Waals surface area contributed by atoms with Crippen molar-refractivity contribution in [1.82, 2.24) is 5.16 Å². The van der Waals surface area contributed by atoms with Gasteiger partial charge in [-0.05, 0) is 31.0 Å². The van der Waals surface area contributed by atoms with Gasteiger partial charge in [0.2, 0.25) is 11.8 Å². The van der Waals surface area contributed by atoms with Gasteiger partial charge in [0.05, 0.1) is 0 Å². The number of amides is 2. The lowest BCUT2D eigenvalue weighted by molar-refractivity contribution is -0.120. The van der Waals surface area contributed by atoms with Crippen LogP contribution in [0.5, 0.6) is 0 Å². The third-order valence-corrected chi connectivity index (χ3v) is 4.86. The molecule has 138 valence electrons. The molecule has 1 atom stereocenters. The predicted octanol–water partition coefficient (Wildman–Crippen LogP) is 4.07. The summed E-state index contributed by atoms with van der Waals surface area (Å²) in [7, 11) is 0. The van der Waals surface area contributed by atoms with E-state index >= 15 is 0 Å². The van der Waals surface area contributed by atoms with Crippen molar-refractivity contribution in [1.29, 1.82) is 0 Å². The Labute approximate surface area is 157 Å². The van der Waals surface area contributed by atoms with E-state index in [0.717, 1.165) is 5.56 Å². The predicted molar refractivity (Wildman–Crippen MR) is 101 cm³/mol. The maximum absolute atomic E-state index is 12.7. The number of nitrogens with zero attached hydrogens (tertiary/aromatic N) is 2. The van der Waals surface area contributed by atoms with E-state index in [1.54, 1.807) is 18.2 Å². The Morgan fingerprint density at radius 2 is 2.08 bits per heavy atom. The minimum absolute atomic E-state index is 0.0967. The van der Waals surface area contributed by atoms with Gasteiger partial charge in [0.15, 0.2) is 5.82 Å². The molecule has 1 aromatic carbocycles. The van der Waals surface area contributed by atoms with Crippen molar-refractivity contribution in [3.05, 3.63) is 40.6 Å². The highest BCUT2D eigenvalue weighted by Crippen LogP contribution is 2.31. The van der Waals surface area contributed by atoms with Crippen LogP contribution in [-0.4, -0.2) is 23.0 Å². The van der Waals surface area contributed by atoms with Crippen LogP contribution in [0.2, 0.25) is 5.02 Å². The number of carbonyl (C=O) groups excluding carboxylic acids is 2. The zero-order valence-electron chi connectivity index (χ0n) is 15.3. The van der Waals surface area contributed by atoms with Crippen LogP contribution in [0, 0.1) is 6.92 Å². The van der Waals surface area contributed by atoms with Gasteiger partial charge in [0, 0.05) is 28.6 Å². The lowest BCUT2D eigenvalue weighted by Gasteiger charge is -2.24. The molecule has 3 rings (SSSR count). The van der Waals surface area contributed by atoms with Crippen LogP contribution >= 0.6 is 11.6 Å². The van der Waals surface area contributed by atoms with Gasteiger partial charge < -0.3 is 9.84 Å². The number of carbonyl (C=O) groups is 2. The van der Waals surface area contributed by atoms with E-state index in [2.05, 4.69) is 10.5 Å². The molecule has 0 spiro atoms. The molecular weight excluding hydrogens is 354 g/mol. The van der Waals surface area contributed by atoms with Gasteiger partial charge in [-0.1, -0.05) is 43.6 Å². The summed E-state index contributed by atoms with van der Waals surface area (Å²) in [5, 5.41) is 7.22. The molecular formula is C19H22ClN3O3. The molecule has 2 aromatic rings. The molecule has 0 saturated carbocycles. The summed E-state index contributed by atoms with van der Waals surface area (Å²) in [6.45, 7) is 7.88. The molecule has 1 aromatic heterocycles. The average molecular weight is 376 g/mol. The summed E-state index contributed by atoms with van der Waals surface area (Å²) in [4.78, 5) is 26.6. The SMILES string of the molecule is Cc1ccc(N2C(=O)CCC2C(=O)Nc2cc(C(C)(C)C)on2)cc1Cl. The topological polar surface area (TPSA) is 75.4 Å². The molecule has 1 saturated heterocycles. The van der Waals surface area contributed by atoms with Gasteiger partial charge in [-0.3, -0.25) is 14.5 Å². The van der Waals surface area contributed by atoms with Gasteiger partial charge in [-0.2, -0.15) is 0 Å². The molecule has 1 aliphatic rings. The van der Waals surface area contributed by atoms with Crippen LogP contribution in [0.1, 0.15) is 44.9 Å². The van der Waals surface area contributed by atoms with Crippen molar-refractivity contribution in [3.63, 3.8) is 0 Å². The first kappa shape index (κ1) is 18.5. The monoisotopic (exact) mass is 375 g/mol. The van der Waals surface area contributed by atoms with Gasteiger partial charge in [-0.25, -0.2) is 0 Å². The number of aryl methyl sites for hydroxylation is 1. The minimum Gasteiger partial charge on any atom is -0.359 e. The van der Waals surface area contributed by atoms with Crippen molar-refractivity contribution in [2.24, 2.45) is 0 Å². The first-order chi connectivity index (χ1) is 12.2. The zero-order valence-corrected chi connectivity index (χ0v) is 16.1. The molecule has 0 bridgehead atoms. The second kappa shape index (κ2) is 6.76. The smallest absolute Gasteiger partial charge is 0.248 e. The number of aromatic nitrogens is 1. The second-order valence-electron chi connectivity index (χ2n) is 7.57. The molecule has 26 heavy (non-hydrogen) atoms. The highest BCUT2D eigenvalue weighted by molar-refractivity contribution is 6.31. The Balaban J connectivity index is 1.80. The van der Waals surface area contributed by atoms with Crippen molar-refractivity contribution in [3.8, 4) is 0 Å². The van der Waals surface area contributed by atoms with Crippen LogP contribution in [0.3, 0.4) is 0 Å². The van der Waals surface area contributed by atoms with Gasteiger partial charge >= 0.3 is 0 Å². The van der Waals surface area contributed by atoms with Gasteiger partial charge in [0.1, 0.15) is 11.8 Å². The molecule has 0 radical (unpaired) electrons. The standard InChI is InChI=1S/C19H22ClN3O3/c1-11-5-6-12(9-13(11)20)23-14(7-8-17(23)24)18(25)21-16-10-15(26-22-16)19(2,3)4/h5-6,9-10,14H,7-8H2,1-4H3,(H,21,22,25). The van der Waals surface area contributed by atoms with E-state index in [-0.39, 0.29) is 17.2 Å². The zero-order chi connectivity index (χ0) is 19.1. The summed E-state index contributed by atoms with van der Waals surface area (Å²) in [6.07, 6.45) is 0.760. The van der Waals surface area contributed by atoms with E-state index in [4.69, 9.17) is 16.1 Å². The summed E-state index contributed by atoms with van der Waals surface area (Å²) >= 11 is 6.18. The lowest BCUT2D eigenvalue weighted by Crippen LogP contribution is -2.41. The van der Waals surface area contributed by atoms with E-state index in [1.165, 1.54) is 4.90 Å². The van der Waals surface area contributed by atoms with Gasteiger partial charge in [-0.15, -0.1) is 0 Å². The van der Waals surface area contributed by atoms with Crippen LogP contribution in [0.15, 0.2) is 28.8 Å². The minimum atomic E-state index is -0.601. The highest BCUT2D eigenvalue weighted by Gasteiger charge is 2.37. The van der Waals surface area contributed by atoms with Crippen molar-refractivity contribution in [2.45, 2.75) is 52.0 Å². The molecule has 1 unspecified atom stereocenters. The van der Waals surface area contributed by atoms with Crippen molar-refractivity contribution < 1.29 is 14.1 Å². The van der Waals surface area contributed by atoms with Crippen LogP contribution in [0.4, 0.5) is 11.5 Å².